The first-order valence-corrected chi connectivity index (χ1v) is 9.88. The van der Waals surface area contributed by atoms with Crippen LogP contribution in [0.4, 0.5) is 10.1 Å². The molecule has 0 bridgehead atoms. The van der Waals surface area contributed by atoms with Crippen LogP contribution in [0.1, 0.15) is 24.0 Å². The van der Waals surface area contributed by atoms with Gasteiger partial charge in [-0.1, -0.05) is 0 Å². The number of phenolic OH excluding ortho intramolecular Hbond substituents is 1. The van der Waals surface area contributed by atoms with Crippen molar-refractivity contribution in [2.45, 2.75) is 25.7 Å². The fourth-order valence-electron chi connectivity index (χ4n) is 3.60. The Labute approximate surface area is 145 Å². The van der Waals surface area contributed by atoms with Crippen molar-refractivity contribution in [3.05, 3.63) is 23.0 Å². The Balaban J connectivity index is 1.68. The topological polar surface area (TPSA) is 90.0 Å². The van der Waals surface area contributed by atoms with E-state index in [1.165, 1.54) is 18.9 Å². The van der Waals surface area contributed by atoms with Crippen molar-refractivity contribution in [1.29, 1.82) is 0 Å². The number of amides is 1. The van der Waals surface area contributed by atoms with Gasteiger partial charge in [-0.2, -0.15) is 8.42 Å². The first kappa shape index (κ1) is 16.6. The van der Waals surface area contributed by atoms with Crippen molar-refractivity contribution < 1.29 is 22.7 Å². The molecule has 2 heterocycles. The van der Waals surface area contributed by atoms with E-state index >= 15 is 4.39 Å². The van der Waals surface area contributed by atoms with Gasteiger partial charge in [0, 0.05) is 19.6 Å². The molecule has 2 fully saturated rings. The van der Waals surface area contributed by atoms with Gasteiger partial charge in [-0.05, 0) is 48.8 Å². The molecule has 4 rings (SSSR count). The van der Waals surface area contributed by atoms with Crippen LogP contribution in [0.2, 0.25) is 0 Å². The molecule has 2 aliphatic heterocycles. The van der Waals surface area contributed by atoms with E-state index in [-0.39, 0.29) is 0 Å². The molecule has 1 aromatic carbocycles. The second kappa shape index (κ2) is 5.84. The third-order valence-electron chi connectivity index (χ3n) is 5.07. The first-order valence-electron chi connectivity index (χ1n) is 8.44. The monoisotopic (exact) mass is 369 g/mol. The number of nitrogens with zero attached hydrogens (tertiary/aromatic N) is 2. The Kier molecular flexibility index (Phi) is 3.88. The summed E-state index contributed by atoms with van der Waals surface area (Å²) in [6.45, 7) is 1.98. The standard InChI is InChI=1S/C16H20FN3O4S/c17-15-12-4-6-19(8-10-1-2-10)5-3-11(12)7-13(21)16(15)20-9-14(22)18-25(20,23)24/h7,10,21H,1-6,8-9H2,(H,18,22). The molecule has 1 saturated carbocycles. The molecule has 25 heavy (non-hydrogen) atoms. The predicted octanol–water partition coefficient (Wildman–Crippen LogP) is 0.523. The molecule has 9 heteroatoms. The highest BCUT2D eigenvalue weighted by Crippen LogP contribution is 2.38. The summed E-state index contributed by atoms with van der Waals surface area (Å²) in [5.41, 5.74) is 0.696. The number of carbonyl (C=O) groups excluding carboxylic acids is 1. The van der Waals surface area contributed by atoms with Gasteiger partial charge in [0.15, 0.2) is 5.82 Å². The molecule has 0 spiro atoms. The molecule has 1 aromatic rings. The Morgan fingerprint density at radius 1 is 1.28 bits per heavy atom. The van der Waals surface area contributed by atoms with Crippen LogP contribution in [-0.4, -0.2) is 50.5 Å². The molecular weight excluding hydrogens is 349 g/mol. The largest absolute Gasteiger partial charge is 0.506 e. The molecule has 0 radical (unpaired) electrons. The molecule has 0 unspecified atom stereocenters. The van der Waals surface area contributed by atoms with Crippen LogP contribution in [0.15, 0.2) is 6.07 Å². The molecule has 1 saturated heterocycles. The summed E-state index contributed by atoms with van der Waals surface area (Å²) in [6.07, 6.45) is 3.56. The summed E-state index contributed by atoms with van der Waals surface area (Å²) in [5.74, 6) is -1.21. The Morgan fingerprint density at radius 2 is 2.00 bits per heavy atom. The van der Waals surface area contributed by atoms with Crippen molar-refractivity contribution in [3.8, 4) is 5.75 Å². The number of hydrogen-bond acceptors (Lipinski definition) is 5. The van der Waals surface area contributed by atoms with Gasteiger partial charge in [-0.3, -0.25) is 4.79 Å². The maximum absolute atomic E-state index is 15.1. The van der Waals surface area contributed by atoms with Gasteiger partial charge in [0.1, 0.15) is 18.0 Å². The first-order chi connectivity index (χ1) is 11.8. The highest BCUT2D eigenvalue weighted by atomic mass is 32.2. The number of rotatable bonds is 3. The molecule has 1 aliphatic carbocycles. The fourth-order valence-corrected chi connectivity index (χ4v) is 4.77. The van der Waals surface area contributed by atoms with Gasteiger partial charge in [0.25, 0.3) is 5.91 Å². The van der Waals surface area contributed by atoms with Gasteiger partial charge in [-0.15, -0.1) is 0 Å². The summed E-state index contributed by atoms with van der Waals surface area (Å²) in [5, 5.41) is 10.2. The molecule has 3 aliphatic rings. The lowest BCUT2D eigenvalue weighted by molar-refractivity contribution is -0.117. The van der Waals surface area contributed by atoms with E-state index in [1.54, 1.807) is 4.72 Å². The molecule has 7 nitrogen and oxygen atoms in total. The lowest BCUT2D eigenvalue weighted by Gasteiger charge is -2.20. The molecular formula is C16H20FN3O4S. The lowest BCUT2D eigenvalue weighted by atomic mass is 10.0. The van der Waals surface area contributed by atoms with Crippen LogP contribution in [0.3, 0.4) is 0 Å². The zero-order chi connectivity index (χ0) is 17.8. The average molecular weight is 369 g/mol. The third kappa shape index (κ3) is 3.06. The van der Waals surface area contributed by atoms with Crippen molar-refractivity contribution in [3.63, 3.8) is 0 Å². The zero-order valence-corrected chi connectivity index (χ0v) is 14.5. The Bertz CT molecular complexity index is 838. The van der Waals surface area contributed by atoms with Crippen LogP contribution in [-0.2, 0) is 27.8 Å². The van der Waals surface area contributed by atoms with E-state index in [1.807, 2.05) is 0 Å². The van der Waals surface area contributed by atoms with Crippen LogP contribution in [0.25, 0.3) is 0 Å². The van der Waals surface area contributed by atoms with Crippen LogP contribution in [0.5, 0.6) is 5.75 Å². The fraction of sp³-hybridized carbons (Fsp3) is 0.562. The summed E-state index contributed by atoms with van der Waals surface area (Å²) in [4.78, 5) is 13.7. The van der Waals surface area contributed by atoms with Crippen molar-refractivity contribution in [2.75, 3.05) is 30.5 Å². The van der Waals surface area contributed by atoms with Crippen LogP contribution >= 0.6 is 0 Å². The normalized spacial score (nSPS) is 23.2. The van der Waals surface area contributed by atoms with E-state index in [0.717, 1.165) is 19.0 Å². The highest BCUT2D eigenvalue weighted by Gasteiger charge is 2.38. The summed E-state index contributed by atoms with van der Waals surface area (Å²) >= 11 is 0. The average Bonchev–Trinajstić information content (AvgIpc) is 3.30. The number of phenols is 1. The van der Waals surface area contributed by atoms with Gasteiger partial charge in [-0.25, -0.2) is 13.4 Å². The van der Waals surface area contributed by atoms with E-state index in [4.69, 9.17) is 0 Å². The smallest absolute Gasteiger partial charge is 0.326 e. The van der Waals surface area contributed by atoms with E-state index in [2.05, 4.69) is 4.90 Å². The zero-order valence-electron chi connectivity index (χ0n) is 13.7. The number of benzene rings is 1. The maximum atomic E-state index is 15.1. The molecule has 0 atom stereocenters. The quantitative estimate of drug-likeness (QED) is 0.811. The predicted molar refractivity (Wildman–Crippen MR) is 89.0 cm³/mol. The number of aromatic hydroxyl groups is 1. The Morgan fingerprint density at radius 3 is 2.64 bits per heavy atom. The molecule has 0 aromatic heterocycles. The number of halogens is 1. The van der Waals surface area contributed by atoms with Crippen molar-refractivity contribution >= 4 is 21.8 Å². The van der Waals surface area contributed by atoms with Crippen molar-refractivity contribution in [2.24, 2.45) is 5.92 Å². The van der Waals surface area contributed by atoms with Crippen molar-refractivity contribution in [1.82, 2.24) is 9.62 Å². The molecule has 136 valence electrons. The number of nitrogens with one attached hydrogen (secondary N) is 1. The maximum Gasteiger partial charge on any atom is 0.326 e. The van der Waals surface area contributed by atoms with Gasteiger partial charge in [0.2, 0.25) is 0 Å². The minimum atomic E-state index is -4.17. The summed E-state index contributed by atoms with van der Waals surface area (Å²) < 4.78 is 41.5. The van der Waals surface area contributed by atoms with Crippen LogP contribution < -0.4 is 9.03 Å². The van der Waals surface area contributed by atoms with Gasteiger partial charge in [0.05, 0.1) is 0 Å². The van der Waals surface area contributed by atoms with Gasteiger partial charge >= 0.3 is 10.2 Å². The number of anilines is 1. The van der Waals surface area contributed by atoms with Gasteiger partial charge < -0.3 is 10.0 Å². The SMILES string of the molecule is O=C1CN(c2c(O)cc3c(c2F)CCN(CC2CC2)CC3)S(=O)(=O)N1. The molecule has 1 amide bonds. The summed E-state index contributed by atoms with van der Waals surface area (Å²) in [7, 11) is -4.17. The van der Waals surface area contributed by atoms with Crippen LogP contribution in [0, 0.1) is 11.7 Å². The third-order valence-corrected chi connectivity index (χ3v) is 6.45. The Hall–Kier alpha value is -1.87. The highest BCUT2D eigenvalue weighted by molar-refractivity contribution is 7.92. The van der Waals surface area contributed by atoms with E-state index in [0.29, 0.717) is 34.8 Å². The lowest BCUT2D eigenvalue weighted by Crippen LogP contribution is -2.30. The van der Waals surface area contributed by atoms with E-state index in [9.17, 15) is 18.3 Å². The number of fused-ring (bicyclic) bond motifs is 1. The van der Waals surface area contributed by atoms with E-state index < -0.39 is 39.9 Å². The molecule has 2 N–H and O–H groups in total. The minimum Gasteiger partial charge on any atom is -0.506 e. The second-order valence-electron chi connectivity index (χ2n) is 6.98. The second-order valence-corrected chi connectivity index (χ2v) is 8.57. The minimum absolute atomic E-state index is 0.431. The number of hydrogen-bond donors (Lipinski definition) is 2. The number of carbonyl (C=O) groups is 1. The summed E-state index contributed by atoms with van der Waals surface area (Å²) in [6, 6.07) is 1.44.